The molecule has 18 heavy (non-hydrogen) atoms. The van der Waals surface area contributed by atoms with Crippen LogP contribution < -0.4 is 0 Å². The third-order valence-corrected chi connectivity index (χ3v) is 2.15. The number of alkyl halides is 2. The SMILES string of the molecule is CCOC(=O)c1c(Cl)cc(C(F)F)nc1[N+](=O)[O-]. The Labute approximate surface area is 105 Å². The highest BCUT2D eigenvalue weighted by molar-refractivity contribution is 6.34. The Balaban J connectivity index is 3.41. The maximum atomic E-state index is 12.4. The summed E-state index contributed by atoms with van der Waals surface area (Å²) in [6, 6.07) is 0.700. The van der Waals surface area contributed by atoms with Crippen LogP contribution in [0.4, 0.5) is 14.6 Å². The molecule has 0 aliphatic rings. The first-order valence-electron chi connectivity index (χ1n) is 4.68. The van der Waals surface area contributed by atoms with Gasteiger partial charge in [0.05, 0.1) is 11.6 Å². The monoisotopic (exact) mass is 280 g/mol. The molecule has 0 aliphatic heterocycles. The fraction of sp³-hybridized carbons (Fsp3) is 0.333. The Morgan fingerprint density at radius 3 is 2.72 bits per heavy atom. The van der Waals surface area contributed by atoms with Crippen LogP contribution in [-0.4, -0.2) is 22.5 Å². The van der Waals surface area contributed by atoms with Gasteiger partial charge < -0.3 is 14.9 Å². The van der Waals surface area contributed by atoms with Gasteiger partial charge in [-0.05, 0) is 16.8 Å². The van der Waals surface area contributed by atoms with E-state index in [-0.39, 0.29) is 6.61 Å². The zero-order chi connectivity index (χ0) is 13.9. The van der Waals surface area contributed by atoms with Crippen molar-refractivity contribution in [3.8, 4) is 0 Å². The predicted octanol–water partition coefficient (Wildman–Crippen LogP) is 2.76. The highest BCUT2D eigenvalue weighted by Gasteiger charge is 2.30. The van der Waals surface area contributed by atoms with Crippen molar-refractivity contribution in [1.29, 1.82) is 0 Å². The Morgan fingerprint density at radius 2 is 2.28 bits per heavy atom. The van der Waals surface area contributed by atoms with E-state index in [4.69, 9.17) is 11.6 Å². The molecule has 0 saturated heterocycles. The van der Waals surface area contributed by atoms with Crippen molar-refractivity contribution in [2.45, 2.75) is 13.3 Å². The minimum Gasteiger partial charge on any atom is -0.462 e. The van der Waals surface area contributed by atoms with Gasteiger partial charge >= 0.3 is 18.2 Å². The van der Waals surface area contributed by atoms with Crippen LogP contribution in [0.2, 0.25) is 5.02 Å². The Hall–Kier alpha value is -1.83. The van der Waals surface area contributed by atoms with Crippen molar-refractivity contribution >= 4 is 23.4 Å². The summed E-state index contributed by atoms with van der Waals surface area (Å²) in [4.78, 5) is 24.2. The average Bonchev–Trinajstić information content (AvgIpc) is 2.27. The minimum atomic E-state index is -3.03. The molecule has 0 aromatic carbocycles. The maximum Gasteiger partial charge on any atom is 0.380 e. The Kier molecular flexibility index (Phi) is 4.49. The van der Waals surface area contributed by atoms with Gasteiger partial charge in [-0.15, -0.1) is 0 Å². The van der Waals surface area contributed by atoms with E-state index in [1.54, 1.807) is 0 Å². The van der Waals surface area contributed by atoms with Gasteiger partial charge in [-0.25, -0.2) is 13.6 Å². The van der Waals surface area contributed by atoms with Gasteiger partial charge in [0, 0.05) is 6.07 Å². The van der Waals surface area contributed by atoms with E-state index in [1.165, 1.54) is 6.92 Å². The number of carbonyl (C=O) groups excluding carboxylic acids is 1. The van der Waals surface area contributed by atoms with Crippen LogP contribution in [-0.2, 0) is 4.74 Å². The van der Waals surface area contributed by atoms with Gasteiger partial charge in [-0.3, -0.25) is 0 Å². The predicted molar refractivity (Wildman–Crippen MR) is 56.8 cm³/mol. The average molecular weight is 281 g/mol. The lowest BCUT2D eigenvalue weighted by Gasteiger charge is -2.05. The third-order valence-electron chi connectivity index (χ3n) is 1.85. The molecule has 0 saturated carbocycles. The molecule has 0 radical (unpaired) electrons. The molecule has 0 bridgehead atoms. The Bertz CT molecular complexity index is 496. The smallest absolute Gasteiger partial charge is 0.380 e. The highest BCUT2D eigenvalue weighted by atomic mass is 35.5. The van der Waals surface area contributed by atoms with Crippen molar-refractivity contribution in [2.75, 3.05) is 6.61 Å². The fourth-order valence-corrected chi connectivity index (χ4v) is 1.43. The molecule has 1 aromatic heterocycles. The van der Waals surface area contributed by atoms with Crippen LogP contribution in [0.1, 0.15) is 29.4 Å². The zero-order valence-corrected chi connectivity index (χ0v) is 9.78. The number of hydrogen-bond donors (Lipinski definition) is 0. The number of nitrogens with zero attached hydrogens (tertiary/aromatic N) is 2. The van der Waals surface area contributed by atoms with Gasteiger partial charge in [-0.2, -0.15) is 0 Å². The van der Waals surface area contributed by atoms with Crippen LogP contribution in [0.25, 0.3) is 0 Å². The van der Waals surface area contributed by atoms with Gasteiger partial charge in [0.2, 0.25) is 5.69 Å². The van der Waals surface area contributed by atoms with E-state index in [9.17, 15) is 23.7 Å². The molecule has 6 nitrogen and oxygen atoms in total. The van der Waals surface area contributed by atoms with Crippen molar-refractivity contribution in [3.05, 3.63) is 32.5 Å². The van der Waals surface area contributed by atoms with E-state index in [2.05, 4.69) is 9.72 Å². The molecule has 9 heteroatoms. The standard InChI is InChI=1S/C9H7ClF2N2O4/c1-2-18-9(15)6-4(10)3-5(7(11)12)13-8(6)14(16)17/h3,7H,2H2,1H3. The van der Waals surface area contributed by atoms with Crippen LogP contribution in [0.3, 0.4) is 0 Å². The summed E-state index contributed by atoms with van der Waals surface area (Å²) < 4.78 is 29.4. The van der Waals surface area contributed by atoms with Gasteiger partial charge in [0.15, 0.2) is 5.56 Å². The first-order valence-corrected chi connectivity index (χ1v) is 5.06. The van der Waals surface area contributed by atoms with Crippen molar-refractivity contribution < 1.29 is 23.2 Å². The lowest BCUT2D eigenvalue weighted by atomic mass is 10.2. The molecule has 1 rings (SSSR count). The first-order chi connectivity index (χ1) is 8.38. The van der Waals surface area contributed by atoms with Crippen LogP contribution in [0.5, 0.6) is 0 Å². The van der Waals surface area contributed by atoms with Gasteiger partial charge in [-0.1, -0.05) is 11.6 Å². The van der Waals surface area contributed by atoms with Crippen molar-refractivity contribution in [1.82, 2.24) is 4.98 Å². The number of aromatic nitrogens is 1. The normalized spacial score (nSPS) is 10.5. The lowest BCUT2D eigenvalue weighted by molar-refractivity contribution is -0.390. The second kappa shape index (κ2) is 5.67. The summed E-state index contributed by atoms with van der Waals surface area (Å²) >= 11 is 5.57. The summed E-state index contributed by atoms with van der Waals surface area (Å²) in [5.74, 6) is -2.13. The fourth-order valence-electron chi connectivity index (χ4n) is 1.16. The van der Waals surface area contributed by atoms with E-state index >= 15 is 0 Å². The van der Waals surface area contributed by atoms with E-state index < -0.39 is 39.4 Å². The summed E-state index contributed by atoms with van der Waals surface area (Å²) in [6.07, 6.45) is -3.03. The number of carbonyl (C=O) groups is 1. The van der Waals surface area contributed by atoms with E-state index in [0.29, 0.717) is 6.07 Å². The number of pyridine rings is 1. The molecule has 0 spiro atoms. The van der Waals surface area contributed by atoms with E-state index in [1.807, 2.05) is 0 Å². The number of rotatable bonds is 4. The van der Waals surface area contributed by atoms with Crippen LogP contribution in [0, 0.1) is 10.1 Å². The second-order valence-electron chi connectivity index (χ2n) is 3.01. The first kappa shape index (κ1) is 14.2. The minimum absolute atomic E-state index is 0.0388. The molecule has 1 aromatic rings. The third kappa shape index (κ3) is 2.89. The second-order valence-corrected chi connectivity index (χ2v) is 3.41. The molecule has 0 N–H and O–H groups in total. The van der Waals surface area contributed by atoms with E-state index in [0.717, 1.165) is 0 Å². The Morgan fingerprint density at radius 1 is 1.67 bits per heavy atom. The zero-order valence-electron chi connectivity index (χ0n) is 9.02. The summed E-state index contributed by atoms with van der Waals surface area (Å²) in [6.45, 7) is 1.45. The summed E-state index contributed by atoms with van der Waals surface area (Å²) in [5.41, 5.74) is -1.51. The topological polar surface area (TPSA) is 82.3 Å². The molecule has 1 heterocycles. The number of halogens is 3. The molecule has 0 aliphatic carbocycles. The maximum absolute atomic E-state index is 12.4. The van der Waals surface area contributed by atoms with Crippen LogP contribution in [0.15, 0.2) is 6.07 Å². The lowest BCUT2D eigenvalue weighted by Crippen LogP contribution is -2.11. The molecular weight excluding hydrogens is 274 g/mol. The number of nitro groups is 1. The number of ether oxygens (including phenoxy) is 1. The molecule has 0 fully saturated rings. The van der Waals surface area contributed by atoms with Crippen molar-refractivity contribution in [3.63, 3.8) is 0 Å². The van der Waals surface area contributed by atoms with Gasteiger partial charge in [0.25, 0.3) is 0 Å². The quantitative estimate of drug-likeness (QED) is 0.481. The molecule has 98 valence electrons. The molecule has 0 atom stereocenters. The highest BCUT2D eigenvalue weighted by Crippen LogP contribution is 2.30. The van der Waals surface area contributed by atoms with Gasteiger partial charge in [0.1, 0.15) is 0 Å². The van der Waals surface area contributed by atoms with Crippen LogP contribution >= 0.6 is 11.6 Å². The number of esters is 1. The molecular formula is C9H7ClF2N2O4. The largest absolute Gasteiger partial charge is 0.462 e. The molecule has 0 unspecified atom stereocenters. The number of hydrogen-bond acceptors (Lipinski definition) is 5. The summed E-state index contributed by atoms with van der Waals surface area (Å²) in [5, 5.41) is 10.2. The van der Waals surface area contributed by atoms with Crippen molar-refractivity contribution in [2.24, 2.45) is 0 Å². The summed E-state index contributed by atoms with van der Waals surface area (Å²) in [7, 11) is 0. The molecule has 0 amide bonds.